The van der Waals surface area contributed by atoms with Crippen LogP contribution in [0.25, 0.3) is 5.65 Å². The highest BCUT2D eigenvalue weighted by molar-refractivity contribution is 5.39. The Balaban J connectivity index is 1.76. The summed E-state index contributed by atoms with van der Waals surface area (Å²) in [5.41, 5.74) is 3.39. The van der Waals surface area contributed by atoms with Crippen LogP contribution in [-0.4, -0.2) is 31.1 Å². The van der Waals surface area contributed by atoms with Gasteiger partial charge in [-0.05, 0) is 25.2 Å². The molecule has 0 amide bonds. The molecule has 3 aromatic heterocycles. The molecule has 0 saturated heterocycles. The fraction of sp³-hybridized carbons (Fsp3) is 0.286. The highest BCUT2D eigenvalue weighted by Gasteiger charge is 2.08. The number of rotatable bonds is 4. The number of nitrogens with zero attached hydrogens (tertiary/aromatic N) is 5. The van der Waals surface area contributed by atoms with E-state index in [0.29, 0.717) is 0 Å². The van der Waals surface area contributed by atoms with Gasteiger partial charge in [-0.3, -0.25) is 9.58 Å². The first kappa shape index (κ1) is 11.9. The van der Waals surface area contributed by atoms with Crippen LogP contribution in [0.5, 0.6) is 0 Å². The van der Waals surface area contributed by atoms with Crippen molar-refractivity contribution in [2.45, 2.75) is 13.1 Å². The summed E-state index contributed by atoms with van der Waals surface area (Å²) in [6.45, 7) is 1.73. The van der Waals surface area contributed by atoms with Crippen molar-refractivity contribution in [3.63, 3.8) is 0 Å². The lowest BCUT2D eigenvalue weighted by Crippen LogP contribution is -2.20. The molecule has 0 N–H and O–H groups in total. The maximum absolute atomic E-state index is 4.41. The Morgan fingerprint density at radius 1 is 1.16 bits per heavy atom. The molecule has 3 heterocycles. The first-order valence-corrected chi connectivity index (χ1v) is 6.30. The normalized spacial score (nSPS) is 11.5. The number of hydrogen-bond donors (Lipinski definition) is 0. The molecule has 0 atom stereocenters. The molecule has 0 aliphatic carbocycles. The zero-order valence-corrected chi connectivity index (χ0v) is 11.2. The van der Waals surface area contributed by atoms with Crippen LogP contribution < -0.4 is 0 Å². The average molecular weight is 255 g/mol. The molecule has 3 aromatic rings. The van der Waals surface area contributed by atoms with Crippen LogP contribution >= 0.6 is 0 Å². The molecule has 0 fully saturated rings. The van der Waals surface area contributed by atoms with E-state index in [9.17, 15) is 0 Å². The van der Waals surface area contributed by atoms with E-state index in [2.05, 4.69) is 32.6 Å². The van der Waals surface area contributed by atoms with E-state index in [0.717, 1.165) is 18.7 Å². The van der Waals surface area contributed by atoms with E-state index in [-0.39, 0.29) is 0 Å². The van der Waals surface area contributed by atoms with E-state index in [1.165, 1.54) is 11.4 Å². The molecule has 5 nitrogen and oxygen atoms in total. The predicted octanol–water partition coefficient (Wildman–Crippen LogP) is 1.70. The Hall–Kier alpha value is -2.14. The van der Waals surface area contributed by atoms with Crippen molar-refractivity contribution in [2.24, 2.45) is 7.05 Å². The maximum atomic E-state index is 4.41. The minimum absolute atomic E-state index is 0.858. The van der Waals surface area contributed by atoms with Crippen LogP contribution in [0, 0.1) is 0 Å². The molecule has 98 valence electrons. The summed E-state index contributed by atoms with van der Waals surface area (Å²) in [6.07, 6.45) is 5.82. The Kier molecular flexibility index (Phi) is 3.05. The molecule has 3 rings (SSSR count). The summed E-state index contributed by atoms with van der Waals surface area (Å²) in [6, 6.07) is 8.10. The van der Waals surface area contributed by atoms with E-state index < -0.39 is 0 Å². The van der Waals surface area contributed by atoms with E-state index in [1.54, 1.807) is 0 Å². The second-order valence-corrected chi connectivity index (χ2v) is 4.80. The standard InChI is InChI=1S/C14H17N5/c1-17(10-12-6-7-16-18(12)2)11-13-9-15-14-5-3-4-8-19(13)14/h3-9H,10-11H2,1-2H3. The Morgan fingerprint density at radius 2 is 2.00 bits per heavy atom. The number of pyridine rings is 1. The van der Waals surface area contributed by atoms with E-state index in [1.807, 2.05) is 48.4 Å². The highest BCUT2D eigenvalue weighted by atomic mass is 15.3. The third-order valence-corrected chi connectivity index (χ3v) is 3.28. The van der Waals surface area contributed by atoms with Crippen LogP contribution in [0.3, 0.4) is 0 Å². The number of aryl methyl sites for hydroxylation is 1. The second-order valence-electron chi connectivity index (χ2n) is 4.80. The molecule has 0 unspecified atom stereocenters. The minimum Gasteiger partial charge on any atom is -0.303 e. The Morgan fingerprint density at radius 3 is 2.79 bits per heavy atom. The lowest BCUT2D eigenvalue weighted by Gasteiger charge is -2.16. The lowest BCUT2D eigenvalue weighted by molar-refractivity contribution is 0.305. The molecule has 0 bridgehead atoms. The third kappa shape index (κ3) is 2.37. The molecule has 0 spiro atoms. The van der Waals surface area contributed by atoms with Crippen molar-refractivity contribution in [1.29, 1.82) is 0 Å². The molecule has 0 saturated carbocycles. The van der Waals surface area contributed by atoms with E-state index in [4.69, 9.17) is 0 Å². The van der Waals surface area contributed by atoms with Gasteiger partial charge < -0.3 is 4.40 Å². The van der Waals surface area contributed by atoms with Crippen molar-refractivity contribution in [3.05, 3.63) is 54.2 Å². The highest BCUT2D eigenvalue weighted by Crippen LogP contribution is 2.10. The first-order chi connectivity index (χ1) is 9.24. The van der Waals surface area contributed by atoms with Gasteiger partial charge in [0.05, 0.1) is 17.6 Å². The predicted molar refractivity (Wildman–Crippen MR) is 73.6 cm³/mol. The molecular weight excluding hydrogens is 238 g/mol. The summed E-state index contributed by atoms with van der Waals surface area (Å²) in [5, 5.41) is 4.19. The molecule has 19 heavy (non-hydrogen) atoms. The van der Waals surface area contributed by atoms with Gasteiger partial charge in [-0.15, -0.1) is 0 Å². The first-order valence-electron chi connectivity index (χ1n) is 6.30. The van der Waals surface area contributed by atoms with Crippen molar-refractivity contribution >= 4 is 5.65 Å². The average Bonchev–Trinajstić information content (AvgIpc) is 2.98. The van der Waals surface area contributed by atoms with Gasteiger partial charge in [0.15, 0.2) is 0 Å². The topological polar surface area (TPSA) is 38.4 Å². The van der Waals surface area contributed by atoms with Crippen molar-refractivity contribution < 1.29 is 0 Å². The van der Waals surface area contributed by atoms with Crippen LogP contribution in [0.15, 0.2) is 42.9 Å². The van der Waals surface area contributed by atoms with Gasteiger partial charge in [-0.1, -0.05) is 6.07 Å². The molecule has 0 aliphatic rings. The van der Waals surface area contributed by atoms with E-state index >= 15 is 0 Å². The molecule has 5 heteroatoms. The maximum Gasteiger partial charge on any atom is 0.136 e. The minimum atomic E-state index is 0.858. The van der Waals surface area contributed by atoms with Crippen molar-refractivity contribution in [1.82, 2.24) is 24.1 Å². The SMILES string of the molecule is CN(Cc1ccnn1C)Cc1cnc2ccccn12. The summed E-state index contributed by atoms with van der Waals surface area (Å²) in [7, 11) is 4.08. The van der Waals surface area contributed by atoms with Gasteiger partial charge in [0.25, 0.3) is 0 Å². The fourth-order valence-electron chi connectivity index (χ4n) is 2.27. The lowest BCUT2D eigenvalue weighted by atomic mass is 10.3. The van der Waals surface area contributed by atoms with Gasteiger partial charge in [0.2, 0.25) is 0 Å². The largest absolute Gasteiger partial charge is 0.303 e. The third-order valence-electron chi connectivity index (χ3n) is 3.28. The molecule has 0 aromatic carbocycles. The summed E-state index contributed by atoms with van der Waals surface area (Å²) in [4.78, 5) is 6.66. The number of fused-ring (bicyclic) bond motifs is 1. The molecule has 0 radical (unpaired) electrons. The van der Waals surface area contributed by atoms with Crippen LogP contribution in [-0.2, 0) is 20.1 Å². The number of aromatic nitrogens is 4. The molecule has 0 aliphatic heterocycles. The van der Waals surface area contributed by atoms with Crippen LogP contribution in [0.2, 0.25) is 0 Å². The van der Waals surface area contributed by atoms with Gasteiger partial charge in [-0.2, -0.15) is 5.10 Å². The zero-order valence-electron chi connectivity index (χ0n) is 11.2. The van der Waals surface area contributed by atoms with Gasteiger partial charge >= 0.3 is 0 Å². The van der Waals surface area contributed by atoms with Gasteiger partial charge in [0.1, 0.15) is 5.65 Å². The van der Waals surface area contributed by atoms with Crippen molar-refractivity contribution in [3.8, 4) is 0 Å². The summed E-state index contributed by atoms with van der Waals surface area (Å²) in [5.74, 6) is 0. The molecular formula is C14H17N5. The zero-order chi connectivity index (χ0) is 13.2. The number of hydrogen-bond acceptors (Lipinski definition) is 3. The second kappa shape index (κ2) is 4.85. The van der Waals surface area contributed by atoms with Gasteiger partial charge in [0, 0.05) is 32.5 Å². The summed E-state index contributed by atoms with van der Waals surface area (Å²) < 4.78 is 4.03. The summed E-state index contributed by atoms with van der Waals surface area (Å²) >= 11 is 0. The van der Waals surface area contributed by atoms with Crippen LogP contribution in [0.1, 0.15) is 11.4 Å². The fourth-order valence-corrected chi connectivity index (χ4v) is 2.27. The van der Waals surface area contributed by atoms with Crippen LogP contribution in [0.4, 0.5) is 0 Å². The quantitative estimate of drug-likeness (QED) is 0.712. The number of imidazole rings is 1. The monoisotopic (exact) mass is 255 g/mol. The Bertz CT molecular complexity index is 682. The van der Waals surface area contributed by atoms with Gasteiger partial charge in [-0.25, -0.2) is 4.98 Å². The van der Waals surface area contributed by atoms with Crippen molar-refractivity contribution in [2.75, 3.05) is 7.05 Å². The smallest absolute Gasteiger partial charge is 0.136 e. The Labute approximate surface area is 112 Å².